The van der Waals surface area contributed by atoms with Crippen molar-refractivity contribution in [1.82, 2.24) is 0 Å². The number of hydrogen-bond donors (Lipinski definition) is 0. The van der Waals surface area contributed by atoms with Crippen molar-refractivity contribution in [2.24, 2.45) is 0 Å². The molecule has 0 N–H and O–H groups in total. The van der Waals surface area contributed by atoms with Crippen LogP contribution < -0.4 is 14.2 Å². The lowest BCUT2D eigenvalue weighted by Crippen LogP contribution is -2.36. The lowest BCUT2D eigenvalue weighted by molar-refractivity contribution is -0.674. The first-order valence-electron chi connectivity index (χ1n) is 11.0. The molecule has 0 bridgehead atoms. The van der Waals surface area contributed by atoms with Crippen molar-refractivity contribution in [3.63, 3.8) is 0 Å². The number of nitrogens with zero attached hydrogens (tertiary/aromatic N) is 2. The van der Waals surface area contributed by atoms with E-state index < -0.39 is 31.7 Å². The Labute approximate surface area is 218 Å². The van der Waals surface area contributed by atoms with Gasteiger partial charge in [0.25, 0.3) is 5.01 Å². The predicted molar refractivity (Wildman–Crippen MR) is 136 cm³/mol. The minimum absolute atomic E-state index is 0.132. The molecular formula is C22H25N2O8S4-. The zero-order valence-corrected chi connectivity index (χ0v) is 23.1. The summed E-state index contributed by atoms with van der Waals surface area (Å²) in [5.41, 5.74) is 2.43. The Morgan fingerprint density at radius 3 is 2.47 bits per heavy atom. The van der Waals surface area contributed by atoms with Gasteiger partial charge in [-0.3, -0.25) is 0 Å². The summed E-state index contributed by atoms with van der Waals surface area (Å²) in [6, 6.07) is 5.61. The Morgan fingerprint density at radius 1 is 1.11 bits per heavy atom. The smallest absolute Gasteiger partial charge is 0.392 e. The molecule has 14 heteroatoms. The fraction of sp³-hybridized carbons (Fsp3) is 0.409. The molecule has 0 fully saturated rings. The molecule has 0 atom stereocenters. The molecular weight excluding hydrogens is 549 g/mol. The summed E-state index contributed by atoms with van der Waals surface area (Å²) in [7, 11) is -7.13. The van der Waals surface area contributed by atoms with Gasteiger partial charge < -0.3 is 23.2 Å². The lowest BCUT2D eigenvalue weighted by Gasteiger charge is -2.21. The lowest BCUT2D eigenvalue weighted by atomic mass is 10.2. The van der Waals surface area contributed by atoms with Crippen LogP contribution in [0.25, 0.3) is 16.5 Å². The number of benzene rings is 1. The van der Waals surface area contributed by atoms with Gasteiger partial charge in [0.1, 0.15) is 11.5 Å². The summed E-state index contributed by atoms with van der Waals surface area (Å²) in [5, 5.41) is 1.60. The van der Waals surface area contributed by atoms with Crippen molar-refractivity contribution in [3.8, 4) is 5.75 Å². The highest BCUT2D eigenvalue weighted by atomic mass is 32.2. The van der Waals surface area contributed by atoms with Gasteiger partial charge in [0.15, 0.2) is 11.2 Å². The largest absolute Gasteiger partial charge is 0.748 e. The van der Waals surface area contributed by atoms with Gasteiger partial charge in [0, 0.05) is 41.0 Å². The summed E-state index contributed by atoms with van der Waals surface area (Å²) in [5.74, 6) is 0.442. The monoisotopic (exact) mass is 573 g/mol. The van der Waals surface area contributed by atoms with Crippen LogP contribution in [0.3, 0.4) is 0 Å². The first-order chi connectivity index (χ1) is 16.9. The molecule has 0 amide bonds. The standard InChI is InChI=1S/C22H26N2O8S4/c1-14-15(2)32-22-21(14)34-20(24(22)9-5-11-36(28,29)30)13-19-23(8-4-10-35(25,26)27)17-12-16(31-3)6-7-18(17)33-19/h6-7,12-13H,4-5,8-11H2,1-3H3,(H-,25,26,27,28,29,30)/p-1. The van der Waals surface area contributed by atoms with Gasteiger partial charge in [-0.1, -0.05) is 23.1 Å². The summed E-state index contributed by atoms with van der Waals surface area (Å²) in [6.45, 7) is 4.37. The molecule has 0 saturated heterocycles. The highest BCUT2D eigenvalue weighted by Crippen LogP contribution is 2.48. The molecule has 3 heterocycles. The van der Waals surface area contributed by atoms with E-state index in [0.717, 1.165) is 36.6 Å². The van der Waals surface area contributed by atoms with Crippen LogP contribution in [0.1, 0.15) is 29.2 Å². The van der Waals surface area contributed by atoms with Gasteiger partial charge in [-0.25, -0.2) is 16.8 Å². The number of methoxy groups -OCH3 is 1. The second-order valence-electron chi connectivity index (χ2n) is 8.31. The molecule has 1 aliphatic heterocycles. The predicted octanol–water partition coefficient (Wildman–Crippen LogP) is 3.19. The van der Waals surface area contributed by atoms with Crippen LogP contribution in [-0.4, -0.2) is 51.1 Å². The number of thiazole rings is 1. The molecule has 1 aromatic carbocycles. The maximum atomic E-state index is 11.2. The van der Waals surface area contributed by atoms with E-state index in [4.69, 9.17) is 9.15 Å². The molecule has 1 aliphatic rings. The number of hydrogen-bond acceptors (Lipinski definition) is 11. The van der Waals surface area contributed by atoms with Crippen molar-refractivity contribution in [3.05, 3.63) is 39.6 Å². The normalized spacial score (nSPS) is 15.2. The maximum Gasteiger partial charge on any atom is 0.392 e. The number of rotatable bonds is 10. The Bertz CT molecular complexity index is 1540. The second kappa shape index (κ2) is 10.3. The van der Waals surface area contributed by atoms with E-state index in [-0.39, 0.29) is 19.4 Å². The molecule has 0 unspecified atom stereocenters. The quantitative estimate of drug-likeness (QED) is 0.262. The molecule has 3 aromatic rings. The Balaban J connectivity index is 1.74. The number of aromatic nitrogens is 1. The maximum absolute atomic E-state index is 11.2. The average Bonchev–Trinajstić information content (AvgIpc) is 3.38. The first kappa shape index (κ1) is 26.9. The number of fused-ring (bicyclic) bond motifs is 2. The van der Waals surface area contributed by atoms with Crippen molar-refractivity contribution >= 4 is 65.5 Å². The average molecular weight is 574 g/mol. The third kappa shape index (κ3) is 6.06. The van der Waals surface area contributed by atoms with Crippen molar-refractivity contribution in [1.29, 1.82) is 0 Å². The fourth-order valence-corrected chi connectivity index (χ4v) is 7.26. The van der Waals surface area contributed by atoms with Gasteiger partial charge in [-0.05, 0) is 32.4 Å². The SMILES string of the molecule is COc1ccc2c(c1)N(CCCS(=O)(=O)[O-])C(=Cc1sc3c(C)c(C)oc3[n+]1CCCS(=O)(=O)[O-])S2. The number of anilines is 1. The van der Waals surface area contributed by atoms with Crippen LogP contribution in [0.5, 0.6) is 5.75 Å². The summed E-state index contributed by atoms with van der Waals surface area (Å²) in [4.78, 5) is 2.89. The van der Waals surface area contributed by atoms with Crippen molar-refractivity contribution in [2.45, 2.75) is 38.1 Å². The molecule has 4 rings (SSSR count). The summed E-state index contributed by atoms with van der Waals surface area (Å²) < 4.78 is 81.1. The highest BCUT2D eigenvalue weighted by Gasteiger charge is 2.30. The number of thioether (sulfide) groups is 1. The summed E-state index contributed by atoms with van der Waals surface area (Å²) >= 11 is 2.98. The number of furan rings is 1. The topological polar surface area (TPSA) is 144 Å². The van der Waals surface area contributed by atoms with Gasteiger partial charge in [-0.15, -0.1) is 4.57 Å². The van der Waals surface area contributed by atoms with E-state index in [2.05, 4.69) is 0 Å². The minimum atomic E-state index is -4.35. The molecule has 0 aliphatic carbocycles. The van der Waals surface area contributed by atoms with Crippen LogP contribution >= 0.6 is 23.1 Å². The van der Waals surface area contributed by atoms with Crippen LogP contribution in [-0.2, 0) is 26.8 Å². The Hall–Kier alpha value is -2.10. The minimum Gasteiger partial charge on any atom is -0.748 e. The number of ether oxygens (including phenoxy) is 1. The molecule has 2 aromatic heterocycles. The number of aryl methyl sites for hydroxylation is 3. The van der Waals surface area contributed by atoms with Crippen LogP contribution in [0.15, 0.2) is 32.5 Å². The van der Waals surface area contributed by atoms with Crippen LogP contribution in [0.4, 0.5) is 5.69 Å². The second-order valence-corrected chi connectivity index (χ2v) is 13.5. The first-order valence-corrected chi connectivity index (χ1v) is 15.8. The molecule has 0 spiro atoms. The van der Waals surface area contributed by atoms with Gasteiger partial charge in [-0.2, -0.15) is 0 Å². The third-order valence-electron chi connectivity index (χ3n) is 5.77. The van der Waals surface area contributed by atoms with E-state index in [1.807, 2.05) is 47.6 Å². The Morgan fingerprint density at radius 2 is 1.81 bits per heavy atom. The van der Waals surface area contributed by atoms with E-state index in [0.29, 0.717) is 18.0 Å². The zero-order valence-electron chi connectivity index (χ0n) is 19.8. The Kier molecular flexibility index (Phi) is 7.74. The molecule has 10 nitrogen and oxygen atoms in total. The highest BCUT2D eigenvalue weighted by molar-refractivity contribution is 8.04. The zero-order chi connectivity index (χ0) is 26.3. The molecule has 0 saturated carbocycles. The summed E-state index contributed by atoms with van der Waals surface area (Å²) in [6.07, 6.45) is 2.21. The van der Waals surface area contributed by atoms with Gasteiger partial charge in [0.05, 0.1) is 44.1 Å². The van der Waals surface area contributed by atoms with Gasteiger partial charge in [0.2, 0.25) is 0 Å². The molecule has 0 radical (unpaired) electrons. The molecule has 36 heavy (non-hydrogen) atoms. The van der Waals surface area contributed by atoms with Gasteiger partial charge >= 0.3 is 5.71 Å². The third-order valence-corrected chi connectivity index (χ3v) is 9.69. The van der Waals surface area contributed by atoms with E-state index in [9.17, 15) is 25.9 Å². The fourth-order valence-electron chi connectivity index (χ4n) is 3.92. The van der Waals surface area contributed by atoms with E-state index in [1.165, 1.54) is 23.1 Å². The van der Waals surface area contributed by atoms with E-state index in [1.54, 1.807) is 7.11 Å². The molecule has 196 valence electrons. The van der Waals surface area contributed by atoms with Crippen LogP contribution in [0, 0.1) is 13.8 Å². The van der Waals surface area contributed by atoms with Crippen molar-refractivity contribution < 1.29 is 39.7 Å². The van der Waals surface area contributed by atoms with Crippen LogP contribution in [0.2, 0.25) is 0 Å². The van der Waals surface area contributed by atoms with Crippen molar-refractivity contribution in [2.75, 3.05) is 30.1 Å². The van der Waals surface area contributed by atoms with E-state index >= 15 is 0 Å².